The summed E-state index contributed by atoms with van der Waals surface area (Å²) in [6, 6.07) is 5.90. The van der Waals surface area contributed by atoms with Gasteiger partial charge in [0.1, 0.15) is 0 Å². The number of hydrogen-bond donors (Lipinski definition) is 1. The number of aliphatic hydroxyl groups excluding tert-OH is 1. The molecule has 3 heteroatoms. The number of nitrogens with zero attached hydrogens (tertiary/aromatic N) is 1. The Hall–Kier alpha value is -0.730. The fourth-order valence-electron chi connectivity index (χ4n) is 4.14. The summed E-state index contributed by atoms with van der Waals surface area (Å²) in [5, 5.41) is 10.4. The molecule has 20 heavy (non-hydrogen) atoms. The highest BCUT2D eigenvalue weighted by molar-refractivity contribution is 6.33. The van der Waals surface area contributed by atoms with E-state index < -0.39 is 6.10 Å². The van der Waals surface area contributed by atoms with Gasteiger partial charge in [-0.15, -0.1) is 0 Å². The van der Waals surface area contributed by atoms with Gasteiger partial charge in [-0.05, 0) is 61.6 Å². The SMILES string of the molecule is C[C@@H](O)c1ccc(N(C)CC2CC3CCC2C3)c(Cl)c1. The van der Waals surface area contributed by atoms with E-state index in [0.29, 0.717) is 0 Å². The molecule has 2 aliphatic carbocycles. The van der Waals surface area contributed by atoms with Crippen molar-refractivity contribution in [1.29, 1.82) is 0 Å². The third-order valence-electron chi connectivity index (χ3n) is 5.26. The molecule has 4 atom stereocenters. The quantitative estimate of drug-likeness (QED) is 0.896. The van der Waals surface area contributed by atoms with E-state index in [2.05, 4.69) is 11.9 Å². The van der Waals surface area contributed by atoms with E-state index in [4.69, 9.17) is 11.6 Å². The van der Waals surface area contributed by atoms with E-state index >= 15 is 0 Å². The first kappa shape index (κ1) is 14.2. The van der Waals surface area contributed by atoms with Gasteiger partial charge in [-0.3, -0.25) is 0 Å². The number of hydrogen-bond acceptors (Lipinski definition) is 2. The Labute approximate surface area is 126 Å². The molecule has 0 spiro atoms. The van der Waals surface area contributed by atoms with E-state index in [0.717, 1.165) is 40.6 Å². The lowest BCUT2D eigenvalue weighted by molar-refractivity contribution is 0.199. The molecule has 1 aromatic rings. The molecular weight excluding hydrogens is 270 g/mol. The predicted octanol–water partition coefficient (Wildman–Crippen LogP) is 4.27. The van der Waals surface area contributed by atoms with Gasteiger partial charge in [0.05, 0.1) is 16.8 Å². The summed E-state index contributed by atoms with van der Waals surface area (Å²) in [5.74, 6) is 2.77. The van der Waals surface area contributed by atoms with Crippen LogP contribution in [0.15, 0.2) is 18.2 Å². The lowest BCUT2D eigenvalue weighted by atomic mass is 9.88. The average Bonchev–Trinajstić information content (AvgIpc) is 3.00. The summed E-state index contributed by atoms with van der Waals surface area (Å²) in [6.45, 7) is 2.87. The molecule has 2 nitrogen and oxygen atoms in total. The first-order valence-electron chi connectivity index (χ1n) is 7.73. The molecule has 2 saturated carbocycles. The Kier molecular flexibility index (Phi) is 3.96. The fraction of sp³-hybridized carbons (Fsp3) is 0.647. The van der Waals surface area contributed by atoms with Crippen molar-refractivity contribution in [3.05, 3.63) is 28.8 Å². The van der Waals surface area contributed by atoms with Crippen molar-refractivity contribution in [2.24, 2.45) is 17.8 Å². The van der Waals surface area contributed by atoms with Crippen molar-refractivity contribution in [3.8, 4) is 0 Å². The summed E-state index contributed by atoms with van der Waals surface area (Å²) >= 11 is 6.38. The number of halogens is 1. The van der Waals surface area contributed by atoms with Crippen LogP contribution in [0, 0.1) is 17.8 Å². The Morgan fingerprint density at radius 2 is 2.15 bits per heavy atom. The van der Waals surface area contributed by atoms with E-state index in [1.165, 1.54) is 25.7 Å². The summed E-state index contributed by atoms with van der Waals surface area (Å²) in [6.07, 6.45) is 5.27. The van der Waals surface area contributed by atoms with E-state index in [-0.39, 0.29) is 0 Å². The highest BCUT2D eigenvalue weighted by Gasteiger charge is 2.39. The largest absolute Gasteiger partial charge is 0.389 e. The normalized spacial score (nSPS) is 29.7. The van der Waals surface area contributed by atoms with E-state index in [1.54, 1.807) is 6.92 Å². The highest BCUT2D eigenvalue weighted by atomic mass is 35.5. The molecule has 0 radical (unpaired) electrons. The summed E-state index contributed by atoms with van der Waals surface area (Å²) in [5.41, 5.74) is 1.96. The van der Waals surface area contributed by atoms with Crippen LogP contribution in [0.3, 0.4) is 0 Å². The molecule has 0 aromatic heterocycles. The first-order chi connectivity index (χ1) is 9.54. The third-order valence-corrected chi connectivity index (χ3v) is 5.56. The van der Waals surface area contributed by atoms with Gasteiger partial charge < -0.3 is 10.0 Å². The van der Waals surface area contributed by atoms with Crippen molar-refractivity contribution in [2.45, 2.75) is 38.7 Å². The molecule has 0 amide bonds. The van der Waals surface area contributed by atoms with Crippen LogP contribution >= 0.6 is 11.6 Å². The van der Waals surface area contributed by atoms with Crippen molar-refractivity contribution in [1.82, 2.24) is 0 Å². The van der Waals surface area contributed by atoms with Crippen LogP contribution in [0.1, 0.15) is 44.3 Å². The maximum Gasteiger partial charge on any atom is 0.0762 e. The molecule has 110 valence electrons. The van der Waals surface area contributed by atoms with Gasteiger partial charge in [0.25, 0.3) is 0 Å². The smallest absolute Gasteiger partial charge is 0.0762 e. The monoisotopic (exact) mass is 293 g/mol. The summed E-state index contributed by atoms with van der Waals surface area (Å²) in [4.78, 5) is 2.29. The molecule has 3 rings (SSSR count). The van der Waals surface area contributed by atoms with Gasteiger partial charge in [0.2, 0.25) is 0 Å². The van der Waals surface area contributed by atoms with Crippen LogP contribution in [0.2, 0.25) is 5.02 Å². The fourth-order valence-corrected chi connectivity index (χ4v) is 4.48. The molecule has 2 fully saturated rings. The van der Waals surface area contributed by atoms with Gasteiger partial charge in [-0.1, -0.05) is 24.1 Å². The lowest BCUT2D eigenvalue weighted by Gasteiger charge is -2.29. The first-order valence-corrected chi connectivity index (χ1v) is 8.11. The Morgan fingerprint density at radius 1 is 1.35 bits per heavy atom. The minimum atomic E-state index is -0.461. The Morgan fingerprint density at radius 3 is 2.70 bits per heavy atom. The van der Waals surface area contributed by atoms with Crippen molar-refractivity contribution < 1.29 is 5.11 Å². The number of fused-ring (bicyclic) bond motifs is 2. The predicted molar refractivity (Wildman–Crippen MR) is 84.3 cm³/mol. The van der Waals surface area contributed by atoms with Gasteiger partial charge in [0, 0.05) is 13.6 Å². The second kappa shape index (κ2) is 5.57. The van der Waals surface area contributed by atoms with Crippen LogP contribution < -0.4 is 4.90 Å². The zero-order chi connectivity index (χ0) is 14.3. The minimum Gasteiger partial charge on any atom is -0.389 e. The van der Waals surface area contributed by atoms with E-state index in [9.17, 15) is 5.11 Å². The van der Waals surface area contributed by atoms with Gasteiger partial charge >= 0.3 is 0 Å². The number of benzene rings is 1. The van der Waals surface area contributed by atoms with Crippen molar-refractivity contribution in [2.75, 3.05) is 18.5 Å². The maximum absolute atomic E-state index is 9.61. The topological polar surface area (TPSA) is 23.5 Å². The van der Waals surface area contributed by atoms with Gasteiger partial charge in [0.15, 0.2) is 0 Å². The number of anilines is 1. The molecule has 1 N–H and O–H groups in total. The Balaban J connectivity index is 1.69. The highest BCUT2D eigenvalue weighted by Crippen LogP contribution is 2.48. The zero-order valence-corrected chi connectivity index (χ0v) is 13.1. The van der Waals surface area contributed by atoms with Crippen LogP contribution in [-0.4, -0.2) is 18.7 Å². The lowest BCUT2D eigenvalue weighted by Crippen LogP contribution is -2.28. The minimum absolute atomic E-state index is 0.461. The number of rotatable bonds is 4. The number of aliphatic hydroxyl groups is 1. The molecular formula is C17H24ClNO. The molecule has 0 aliphatic heterocycles. The average molecular weight is 294 g/mol. The molecule has 3 unspecified atom stereocenters. The second-order valence-electron chi connectivity index (χ2n) is 6.70. The van der Waals surface area contributed by atoms with Crippen LogP contribution in [0.5, 0.6) is 0 Å². The third kappa shape index (κ3) is 2.68. The van der Waals surface area contributed by atoms with E-state index in [1.807, 2.05) is 18.2 Å². The van der Waals surface area contributed by atoms with Crippen molar-refractivity contribution in [3.63, 3.8) is 0 Å². The van der Waals surface area contributed by atoms with Crippen LogP contribution in [0.4, 0.5) is 5.69 Å². The van der Waals surface area contributed by atoms with Crippen LogP contribution in [-0.2, 0) is 0 Å². The maximum atomic E-state index is 9.61. The molecule has 2 bridgehead atoms. The zero-order valence-electron chi connectivity index (χ0n) is 12.3. The van der Waals surface area contributed by atoms with Crippen LogP contribution in [0.25, 0.3) is 0 Å². The summed E-state index contributed by atoms with van der Waals surface area (Å²) < 4.78 is 0. The summed E-state index contributed by atoms with van der Waals surface area (Å²) in [7, 11) is 2.13. The standard InChI is InChI=1S/C17H24ClNO/c1-11(20)13-5-6-17(16(18)9-13)19(2)10-15-8-12-3-4-14(15)7-12/h5-6,9,11-12,14-15,20H,3-4,7-8,10H2,1-2H3/t11-,12?,14?,15?/m1/s1. The second-order valence-corrected chi connectivity index (χ2v) is 7.11. The molecule has 1 aromatic carbocycles. The molecule has 0 saturated heterocycles. The Bertz CT molecular complexity index is 488. The van der Waals surface area contributed by atoms with Gasteiger partial charge in [-0.2, -0.15) is 0 Å². The van der Waals surface area contributed by atoms with Crippen molar-refractivity contribution >= 4 is 17.3 Å². The molecule has 2 aliphatic rings. The molecule has 0 heterocycles. The van der Waals surface area contributed by atoms with Gasteiger partial charge in [-0.25, -0.2) is 0 Å².